The van der Waals surface area contributed by atoms with Crippen molar-refractivity contribution in [2.75, 3.05) is 6.26 Å². The fourth-order valence-corrected chi connectivity index (χ4v) is 0.892. The first kappa shape index (κ1) is 7.50. The second kappa shape index (κ2) is 3.53. The van der Waals surface area contributed by atoms with E-state index in [0.29, 0.717) is 6.54 Å². The van der Waals surface area contributed by atoms with Crippen molar-refractivity contribution in [1.29, 1.82) is 0 Å². The molecule has 0 aliphatic rings. The van der Waals surface area contributed by atoms with Crippen LogP contribution in [0.5, 0.6) is 0 Å². The first-order valence-electron chi connectivity index (χ1n) is 2.93. The van der Waals surface area contributed by atoms with E-state index in [2.05, 4.69) is 10.2 Å². The van der Waals surface area contributed by atoms with Gasteiger partial charge in [-0.25, -0.2) is 0 Å². The first-order valence-corrected chi connectivity index (χ1v) is 4.16. The van der Waals surface area contributed by atoms with E-state index in [1.165, 1.54) is 0 Å². The Morgan fingerprint density at radius 2 is 2.30 bits per heavy atom. The second-order valence-electron chi connectivity index (χ2n) is 1.77. The normalized spacial score (nSPS) is 9.80. The minimum atomic E-state index is 0.460. The summed E-state index contributed by atoms with van der Waals surface area (Å²) in [5.74, 6) is 0. The third-order valence-electron chi connectivity index (χ3n) is 1.11. The molecule has 0 aliphatic carbocycles. The Kier molecular flexibility index (Phi) is 2.65. The monoisotopic (exact) mass is 155 g/mol. The van der Waals surface area contributed by atoms with Gasteiger partial charge in [0.05, 0.1) is 5.69 Å². The highest BCUT2D eigenvalue weighted by Crippen LogP contribution is 2.08. The standard InChI is InChI=1S/C6H9N3S/c1-10-6-3-2-5(4-7)8-9-6/h2-3H,4,7H2,1H3. The van der Waals surface area contributed by atoms with E-state index in [4.69, 9.17) is 5.73 Å². The van der Waals surface area contributed by atoms with E-state index < -0.39 is 0 Å². The Morgan fingerprint density at radius 1 is 1.50 bits per heavy atom. The topological polar surface area (TPSA) is 51.8 Å². The quantitative estimate of drug-likeness (QED) is 0.637. The number of nitrogens with zero attached hydrogens (tertiary/aromatic N) is 2. The van der Waals surface area contributed by atoms with Gasteiger partial charge < -0.3 is 5.73 Å². The Balaban J connectivity index is 2.80. The van der Waals surface area contributed by atoms with Gasteiger partial charge in [-0.2, -0.15) is 5.10 Å². The fourth-order valence-electron chi connectivity index (χ4n) is 0.565. The van der Waals surface area contributed by atoms with Crippen LogP contribution in [-0.4, -0.2) is 16.5 Å². The molecule has 0 fully saturated rings. The van der Waals surface area contributed by atoms with Crippen molar-refractivity contribution >= 4 is 11.8 Å². The van der Waals surface area contributed by atoms with E-state index in [1.807, 2.05) is 18.4 Å². The lowest BCUT2D eigenvalue weighted by molar-refractivity contribution is 0.847. The average Bonchev–Trinajstić information content (AvgIpc) is 2.05. The summed E-state index contributed by atoms with van der Waals surface area (Å²) in [4.78, 5) is 0. The van der Waals surface area contributed by atoms with Crippen LogP contribution in [0.1, 0.15) is 5.69 Å². The van der Waals surface area contributed by atoms with Gasteiger partial charge in [0.25, 0.3) is 0 Å². The Hall–Kier alpha value is -0.610. The number of hydrogen-bond donors (Lipinski definition) is 1. The smallest absolute Gasteiger partial charge is 0.119 e. The molecule has 4 heteroatoms. The number of thioether (sulfide) groups is 1. The fraction of sp³-hybridized carbons (Fsp3) is 0.333. The summed E-state index contributed by atoms with van der Waals surface area (Å²) >= 11 is 1.57. The van der Waals surface area contributed by atoms with Crippen molar-refractivity contribution in [2.24, 2.45) is 5.73 Å². The maximum absolute atomic E-state index is 5.33. The zero-order valence-electron chi connectivity index (χ0n) is 5.74. The summed E-state index contributed by atoms with van der Waals surface area (Å²) in [6.45, 7) is 0.460. The van der Waals surface area contributed by atoms with Gasteiger partial charge in [-0.3, -0.25) is 0 Å². The highest BCUT2D eigenvalue weighted by molar-refractivity contribution is 7.98. The molecule has 10 heavy (non-hydrogen) atoms. The molecule has 1 aromatic heterocycles. The van der Waals surface area contributed by atoms with E-state index in [9.17, 15) is 0 Å². The van der Waals surface area contributed by atoms with E-state index in [-0.39, 0.29) is 0 Å². The van der Waals surface area contributed by atoms with Gasteiger partial charge in [0.15, 0.2) is 0 Å². The third kappa shape index (κ3) is 1.68. The second-order valence-corrected chi connectivity index (χ2v) is 2.60. The van der Waals surface area contributed by atoms with Crippen LogP contribution in [0.15, 0.2) is 17.2 Å². The van der Waals surface area contributed by atoms with E-state index >= 15 is 0 Å². The van der Waals surface area contributed by atoms with Crippen molar-refractivity contribution < 1.29 is 0 Å². The number of hydrogen-bond acceptors (Lipinski definition) is 4. The molecule has 0 aliphatic heterocycles. The van der Waals surface area contributed by atoms with Crippen LogP contribution in [0.2, 0.25) is 0 Å². The van der Waals surface area contributed by atoms with E-state index in [1.54, 1.807) is 11.8 Å². The van der Waals surface area contributed by atoms with E-state index in [0.717, 1.165) is 10.7 Å². The van der Waals surface area contributed by atoms with Gasteiger partial charge in [0, 0.05) is 6.54 Å². The third-order valence-corrected chi connectivity index (χ3v) is 1.75. The summed E-state index contributed by atoms with van der Waals surface area (Å²) in [7, 11) is 0. The van der Waals surface area contributed by atoms with Gasteiger partial charge in [-0.05, 0) is 18.4 Å². The van der Waals surface area contributed by atoms with Crippen LogP contribution >= 0.6 is 11.8 Å². The number of nitrogens with two attached hydrogens (primary N) is 1. The highest BCUT2D eigenvalue weighted by atomic mass is 32.2. The largest absolute Gasteiger partial charge is 0.325 e. The van der Waals surface area contributed by atoms with Crippen LogP contribution in [0.3, 0.4) is 0 Å². The molecular weight excluding hydrogens is 146 g/mol. The van der Waals surface area contributed by atoms with Crippen molar-refractivity contribution in [3.8, 4) is 0 Å². The molecule has 0 saturated carbocycles. The molecular formula is C6H9N3S. The Bertz CT molecular complexity index is 174. The van der Waals surface area contributed by atoms with Crippen molar-refractivity contribution in [2.45, 2.75) is 11.6 Å². The minimum Gasteiger partial charge on any atom is -0.325 e. The van der Waals surface area contributed by atoms with Crippen molar-refractivity contribution in [3.63, 3.8) is 0 Å². The van der Waals surface area contributed by atoms with Crippen LogP contribution < -0.4 is 5.73 Å². The lowest BCUT2D eigenvalue weighted by atomic mass is 10.4. The molecule has 0 saturated heterocycles. The lowest BCUT2D eigenvalue weighted by Gasteiger charge is -1.94. The molecule has 0 radical (unpaired) electrons. The van der Waals surface area contributed by atoms with Crippen LogP contribution in [-0.2, 0) is 6.54 Å². The van der Waals surface area contributed by atoms with Gasteiger partial charge in [0.2, 0.25) is 0 Å². The van der Waals surface area contributed by atoms with Gasteiger partial charge in [0.1, 0.15) is 5.03 Å². The Labute approximate surface area is 64.0 Å². The van der Waals surface area contributed by atoms with Gasteiger partial charge in [-0.15, -0.1) is 16.9 Å². The molecule has 0 spiro atoms. The summed E-state index contributed by atoms with van der Waals surface area (Å²) < 4.78 is 0. The zero-order chi connectivity index (χ0) is 7.40. The van der Waals surface area contributed by atoms with Crippen LogP contribution in [0.4, 0.5) is 0 Å². The summed E-state index contributed by atoms with van der Waals surface area (Å²) in [6, 6.07) is 3.80. The Morgan fingerprint density at radius 3 is 2.70 bits per heavy atom. The molecule has 0 aromatic carbocycles. The molecule has 1 rings (SSSR count). The van der Waals surface area contributed by atoms with Crippen LogP contribution in [0, 0.1) is 0 Å². The molecule has 54 valence electrons. The molecule has 2 N–H and O–H groups in total. The number of aromatic nitrogens is 2. The van der Waals surface area contributed by atoms with Gasteiger partial charge in [-0.1, -0.05) is 0 Å². The molecule has 3 nitrogen and oxygen atoms in total. The predicted octanol–water partition coefficient (Wildman–Crippen LogP) is 0.657. The maximum Gasteiger partial charge on any atom is 0.119 e. The lowest BCUT2D eigenvalue weighted by Crippen LogP contribution is -2.00. The molecule has 0 bridgehead atoms. The summed E-state index contributed by atoms with van der Waals surface area (Å²) in [5.41, 5.74) is 6.16. The maximum atomic E-state index is 5.33. The molecule has 0 atom stereocenters. The summed E-state index contributed by atoms with van der Waals surface area (Å²) in [6.07, 6.45) is 1.96. The minimum absolute atomic E-state index is 0.460. The average molecular weight is 155 g/mol. The predicted molar refractivity (Wildman–Crippen MR) is 41.7 cm³/mol. The first-order chi connectivity index (χ1) is 4.86. The number of rotatable bonds is 2. The van der Waals surface area contributed by atoms with Crippen molar-refractivity contribution in [3.05, 3.63) is 17.8 Å². The zero-order valence-corrected chi connectivity index (χ0v) is 6.56. The SMILES string of the molecule is CSc1ccc(CN)nn1. The van der Waals surface area contributed by atoms with Crippen LogP contribution in [0.25, 0.3) is 0 Å². The van der Waals surface area contributed by atoms with Crippen molar-refractivity contribution in [1.82, 2.24) is 10.2 Å². The molecule has 0 unspecified atom stereocenters. The summed E-state index contributed by atoms with van der Waals surface area (Å²) in [5, 5.41) is 8.70. The highest BCUT2D eigenvalue weighted by Gasteiger charge is 1.92. The molecule has 0 amide bonds. The molecule has 1 heterocycles. The van der Waals surface area contributed by atoms with Gasteiger partial charge >= 0.3 is 0 Å². The molecule has 1 aromatic rings.